The molecule has 3 aliphatic heterocycles. The van der Waals surface area contributed by atoms with E-state index in [2.05, 4.69) is 15.0 Å². The van der Waals surface area contributed by atoms with Crippen molar-refractivity contribution in [2.24, 2.45) is 0 Å². The Hall–Kier alpha value is -2.62. The molecule has 0 aromatic carbocycles. The summed E-state index contributed by atoms with van der Waals surface area (Å²) in [5.41, 5.74) is 4.39. The predicted octanol–water partition coefficient (Wildman–Crippen LogP) is 1.40. The van der Waals surface area contributed by atoms with Crippen molar-refractivity contribution in [3.05, 3.63) is 45.8 Å². The molecule has 3 N–H and O–H groups in total. The van der Waals surface area contributed by atoms with Gasteiger partial charge in [-0.3, -0.25) is 41.5 Å². The number of imidazole rings is 1. The minimum atomic E-state index is -4.70. The highest BCUT2D eigenvalue weighted by Gasteiger charge is 2.55. The molecule has 6 heterocycles. The summed E-state index contributed by atoms with van der Waals surface area (Å²) in [6, 6.07) is 0.951. The second kappa shape index (κ2) is 12.5. The molecule has 3 aromatic heterocycles. The molecule has 3 aliphatic rings. The molecule has 0 radical (unpaired) electrons. The summed E-state index contributed by atoms with van der Waals surface area (Å²) in [5.74, 6) is 0.0230. The normalized spacial score (nSPS) is 37.5. The highest BCUT2D eigenvalue weighted by Crippen LogP contribution is 2.64. The quantitative estimate of drug-likeness (QED) is 0.283. The van der Waals surface area contributed by atoms with Gasteiger partial charge < -0.3 is 19.4 Å². The van der Waals surface area contributed by atoms with E-state index in [4.69, 9.17) is 42.0 Å². The minimum Gasteiger partial charge on any atom is -0.382 e. The van der Waals surface area contributed by atoms with Crippen LogP contribution in [0.4, 0.5) is 14.6 Å². The number of phosphoric ester groups is 1. The highest BCUT2D eigenvalue weighted by molar-refractivity contribution is 8.52. The summed E-state index contributed by atoms with van der Waals surface area (Å²) < 4.78 is 105. The number of halogens is 2. The van der Waals surface area contributed by atoms with E-state index >= 15 is 8.78 Å². The maximum atomic E-state index is 16.0. The largest absolute Gasteiger partial charge is 0.475 e. The number of ether oxygens (including phenoxy) is 2. The van der Waals surface area contributed by atoms with Gasteiger partial charge in [0.25, 0.3) is 5.56 Å². The Morgan fingerprint density at radius 3 is 2.49 bits per heavy atom. The number of anilines is 1. The number of nitrogens with one attached hydrogen (secondary N) is 1. The van der Waals surface area contributed by atoms with Crippen molar-refractivity contribution < 1.29 is 54.2 Å². The molecule has 24 heteroatoms. The minimum absolute atomic E-state index is 0.0230. The molecule has 19 nitrogen and oxygen atoms in total. The van der Waals surface area contributed by atoms with Crippen LogP contribution in [0.25, 0.3) is 11.2 Å². The van der Waals surface area contributed by atoms with E-state index in [1.165, 1.54) is 10.9 Å². The zero-order chi connectivity index (χ0) is 32.1. The summed E-state index contributed by atoms with van der Waals surface area (Å²) in [7, 11) is -2.60. The lowest BCUT2D eigenvalue weighted by molar-refractivity contribution is -0.0630. The monoisotopic (exact) mass is 699 g/mol. The number of H-pyrrole nitrogens is 1. The molecule has 3 saturated heterocycles. The summed E-state index contributed by atoms with van der Waals surface area (Å²) >= 11 is 0.219. The summed E-state index contributed by atoms with van der Waals surface area (Å²) in [6.07, 6.45) is -10.7. The third-order valence-electron chi connectivity index (χ3n) is 7.00. The number of nitrogen functional groups attached to an aromatic ring is 1. The SMILES string of the molecule is COSP1(=O)OC[C@H]2O[C@@H](n3ccc(=O)[nH]c3=O)[C@H](F)[C@@H]2OP(=O)(OC)OC[C@H]2O[C@@H](n3cnc4c(N)ncnc43)[C@H](O1)[C@@H]2F. The van der Waals surface area contributed by atoms with Gasteiger partial charge in [0.05, 0.1) is 26.7 Å². The fourth-order valence-corrected chi connectivity index (χ4v) is 8.51. The number of fused-ring (bicyclic) bond motifs is 4. The molecule has 2 bridgehead atoms. The van der Waals surface area contributed by atoms with Gasteiger partial charge in [-0.2, -0.15) is 0 Å². The number of rotatable bonds is 5. The van der Waals surface area contributed by atoms with Gasteiger partial charge in [-0.25, -0.2) is 37.7 Å². The third kappa shape index (κ3) is 6.12. The number of hydrogen-bond acceptors (Lipinski definition) is 17. The van der Waals surface area contributed by atoms with E-state index in [-0.39, 0.29) is 28.6 Å². The van der Waals surface area contributed by atoms with Gasteiger partial charge in [-0.05, 0) is 0 Å². The third-order valence-corrected chi connectivity index (χ3v) is 11.3. The van der Waals surface area contributed by atoms with E-state index in [1.807, 2.05) is 4.98 Å². The first kappa shape index (κ1) is 32.3. The number of aromatic nitrogens is 6. The van der Waals surface area contributed by atoms with Crippen LogP contribution in [-0.2, 0) is 45.4 Å². The van der Waals surface area contributed by atoms with E-state index in [1.54, 1.807) is 0 Å². The van der Waals surface area contributed by atoms with Crippen LogP contribution >= 0.6 is 26.3 Å². The van der Waals surface area contributed by atoms with Crippen LogP contribution in [0, 0.1) is 0 Å². The molecule has 0 amide bonds. The Labute approximate surface area is 254 Å². The predicted molar refractivity (Wildman–Crippen MR) is 147 cm³/mol. The standard InChI is InChI=1S/C21H25F2N7O12P2S/c1-35-43(33)37-5-9-12(22)16(20(39-9)30-8-27-14-17(24)25-7-26-18(14)30)42-44(34,45-36-2)38-6-10-15(41-43)13(23)19(40-10)29-4-3-11(31)28-21(29)32/h3-4,7-10,12-13,15-16,19-20H,5-6H2,1-2H3,(H2,24,25,26)(H,28,31,32)/t9-,10-,12-,13-,15-,16-,19-,20-,43?,44?/m1/s1. The molecule has 10 atom stereocenters. The Bertz CT molecular complexity index is 1780. The van der Waals surface area contributed by atoms with Crippen LogP contribution in [-0.4, -0.2) is 93.3 Å². The average molecular weight is 699 g/mol. The number of aromatic amines is 1. The molecule has 0 spiro atoms. The molecule has 3 fully saturated rings. The lowest BCUT2D eigenvalue weighted by atomic mass is 10.1. The topological polar surface area (TPSA) is 232 Å². The maximum absolute atomic E-state index is 16.0. The molecule has 246 valence electrons. The molecular weight excluding hydrogens is 674 g/mol. The van der Waals surface area contributed by atoms with Gasteiger partial charge in [0.2, 0.25) is 0 Å². The van der Waals surface area contributed by atoms with Crippen molar-refractivity contribution in [3.63, 3.8) is 0 Å². The number of nitrogens with two attached hydrogens (primary N) is 1. The molecule has 3 aromatic rings. The van der Waals surface area contributed by atoms with Crippen molar-refractivity contribution >= 4 is 43.3 Å². The van der Waals surface area contributed by atoms with Crippen molar-refractivity contribution in [2.45, 2.75) is 49.2 Å². The van der Waals surface area contributed by atoms with Crippen molar-refractivity contribution in [1.29, 1.82) is 0 Å². The first-order valence-corrected chi connectivity index (χ1v) is 17.3. The van der Waals surface area contributed by atoms with Crippen LogP contribution in [0.2, 0.25) is 0 Å². The van der Waals surface area contributed by atoms with Gasteiger partial charge in [0.1, 0.15) is 47.9 Å². The molecule has 2 unspecified atom stereocenters. The zero-order valence-corrected chi connectivity index (χ0v) is 25.7. The van der Waals surface area contributed by atoms with E-state index < -0.39 is 88.3 Å². The van der Waals surface area contributed by atoms with Gasteiger partial charge in [0.15, 0.2) is 36.3 Å². The van der Waals surface area contributed by atoms with Crippen LogP contribution in [0.5, 0.6) is 0 Å². The maximum Gasteiger partial charge on any atom is 0.475 e. The lowest BCUT2D eigenvalue weighted by Crippen LogP contribution is -2.36. The Morgan fingerprint density at radius 1 is 1.00 bits per heavy atom. The molecule has 0 saturated carbocycles. The summed E-state index contributed by atoms with van der Waals surface area (Å²) in [5, 5.41) is 0. The van der Waals surface area contributed by atoms with Gasteiger partial charge in [-0.15, -0.1) is 0 Å². The van der Waals surface area contributed by atoms with Crippen LogP contribution < -0.4 is 17.0 Å². The van der Waals surface area contributed by atoms with Crippen LogP contribution in [0.3, 0.4) is 0 Å². The number of nitrogens with zero attached hydrogens (tertiary/aromatic N) is 5. The van der Waals surface area contributed by atoms with Crippen molar-refractivity contribution in [1.82, 2.24) is 29.1 Å². The zero-order valence-electron chi connectivity index (χ0n) is 23.1. The second-order valence-electron chi connectivity index (χ2n) is 9.67. The van der Waals surface area contributed by atoms with E-state index in [0.717, 1.165) is 37.4 Å². The Morgan fingerprint density at radius 2 is 1.76 bits per heavy atom. The lowest BCUT2D eigenvalue weighted by Gasteiger charge is -2.27. The summed E-state index contributed by atoms with van der Waals surface area (Å²) in [4.78, 5) is 38.0. The van der Waals surface area contributed by atoms with Gasteiger partial charge >= 0.3 is 20.3 Å². The van der Waals surface area contributed by atoms with Crippen LogP contribution in [0.15, 0.2) is 34.5 Å². The van der Waals surface area contributed by atoms with Crippen LogP contribution in [0.1, 0.15) is 12.5 Å². The Balaban J connectivity index is 1.37. The van der Waals surface area contributed by atoms with Gasteiger partial charge in [0, 0.05) is 19.4 Å². The highest BCUT2D eigenvalue weighted by atomic mass is 32.7. The average Bonchev–Trinajstić information content (AvgIpc) is 3.66. The second-order valence-corrected chi connectivity index (χ2v) is 15.0. The Kier molecular flexibility index (Phi) is 9.00. The van der Waals surface area contributed by atoms with Crippen molar-refractivity contribution in [3.8, 4) is 0 Å². The fourth-order valence-electron chi connectivity index (χ4n) is 4.94. The first-order chi connectivity index (χ1) is 21.5. The number of hydrogen-bond donors (Lipinski definition) is 2. The van der Waals surface area contributed by atoms with E-state index in [9.17, 15) is 18.7 Å². The molecule has 6 rings (SSSR count). The van der Waals surface area contributed by atoms with Gasteiger partial charge in [-0.1, -0.05) is 0 Å². The molecule has 45 heavy (non-hydrogen) atoms. The number of phosphoric acid groups is 1. The van der Waals surface area contributed by atoms with E-state index in [0.29, 0.717) is 0 Å². The van der Waals surface area contributed by atoms with Crippen molar-refractivity contribution in [2.75, 3.05) is 33.2 Å². The fraction of sp³-hybridized carbons (Fsp3) is 0.571. The smallest absolute Gasteiger partial charge is 0.382 e. The first-order valence-electron chi connectivity index (χ1n) is 12.9. The molecule has 0 aliphatic carbocycles. The molecular formula is C21H25F2N7O12P2S. The number of alkyl halides is 2. The summed E-state index contributed by atoms with van der Waals surface area (Å²) in [6.45, 7) is -6.09.